The van der Waals surface area contributed by atoms with Gasteiger partial charge in [-0.05, 0) is 12.0 Å². The van der Waals surface area contributed by atoms with Gasteiger partial charge in [-0.1, -0.05) is 33.8 Å². The van der Waals surface area contributed by atoms with Crippen LogP contribution < -0.4 is 5.56 Å². The van der Waals surface area contributed by atoms with Crippen molar-refractivity contribution in [3.63, 3.8) is 0 Å². The average Bonchev–Trinajstić information content (AvgIpc) is 2.13. The van der Waals surface area contributed by atoms with Crippen molar-refractivity contribution < 1.29 is 0 Å². The molecule has 1 aromatic heterocycles. The smallest absolute Gasteiger partial charge is 0.250 e. The van der Waals surface area contributed by atoms with Crippen molar-refractivity contribution in [2.24, 2.45) is 7.05 Å². The first-order chi connectivity index (χ1) is 6.13. The Morgan fingerprint density at radius 3 is 2.15 bits per heavy atom. The molecular weight excluding hydrogens is 162 g/mol. The molecule has 1 aromatic rings. The zero-order valence-corrected chi connectivity index (χ0v) is 9.16. The molecule has 0 unspecified atom stereocenters. The van der Waals surface area contributed by atoms with E-state index in [1.807, 2.05) is 19.9 Å². The van der Waals surface area contributed by atoms with E-state index in [-0.39, 0.29) is 5.56 Å². The number of aromatic nitrogens is 1. The van der Waals surface area contributed by atoms with Crippen molar-refractivity contribution in [3.8, 4) is 0 Å². The van der Waals surface area contributed by atoms with Crippen LogP contribution in [0.3, 0.4) is 0 Å². The molecule has 0 aliphatic heterocycles. The van der Waals surface area contributed by atoms with Crippen molar-refractivity contribution in [2.75, 3.05) is 0 Å². The van der Waals surface area contributed by atoms with Crippen LogP contribution in [0.15, 0.2) is 23.0 Å². The molecular formula is C11H19NO. The van der Waals surface area contributed by atoms with E-state index in [0.29, 0.717) is 5.92 Å². The predicted molar refractivity (Wildman–Crippen MR) is 57.1 cm³/mol. The van der Waals surface area contributed by atoms with Gasteiger partial charge in [0.1, 0.15) is 0 Å². The summed E-state index contributed by atoms with van der Waals surface area (Å²) >= 11 is 0. The van der Waals surface area contributed by atoms with Gasteiger partial charge in [0.2, 0.25) is 5.56 Å². The summed E-state index contributed by atoms with van der Waals surface area (Å²) in [4.78, 5) is 11.1. The highest BCUT2D eigenvalue weighted by Gasteiger charge is 2.01. The molecule has 0 fully saturated rings. The van der Waals surface area contributed by atoms with Gasteiger partial charge in [0.25, 0.3) is 0 Å². The molecule has 74 valence electrons. The molecule has 0 aromatic carbocycles. The third kappa shape index (κ3) is 3.05. The molecule has 1 rings (SSSR count). The molecule has 0 amide bonds. The standard InChI is InChI=1S/C9H13NO.C2H6/c1-7(2)8-5-4-6-9(11)10(8)3;1-2/h4-7H,1-3H3;1-2H3. The molecule has 0 saturated carbocycles. The number of rotatable bonds is 1. The summed E-state index contributed by atoms with van der Waals surface area (Å²) in [5, 5.41) is 0. The Labute approximate surface area is 80.2 Å². The third-order valence-electron chi connectivity index (χ3n) is 1.82. The normalized spacial score (nSPS) is 9.38. The van der Waals surface area contributed by atoms with E-state index < -0.39 is 0 Å². The first-order valence-electron chi connectivity index (χ1n) is 4.79. The first kappa shape index (κ1) is 11.9. The Morgan fingerprint density at radius 2 is 1.77 bits per heavy atom. The molecule has 0 bridgehead atoms. The molecule has 0 radical (unpaired) electrons. The van der Waals surface area contributed by atoms with E-state index in [2.05, 4.69) is 13.8 Å². The van der Waals surface area contributed by atoms with Gasteiger partial charge in [0, 0.05) is 18.8 Å². The van der Waals surface area contributed by atoms with Crippen LogP contribution in [0.4, 0.5) is 0 Å². The van der Waals surface area contributed by atoms with Crippen LogP contribution in [0.25, 0.3) is 0 Å². The summed E-state index contributed by atoms with van der Waals surface area (Å²) in [5.41, 5.74) is 1.15. The molecule has 2 heteroatoms. The Bertz CT molecular complexity index is 299. The molecule has 2 nitrogen and oxygen atoms in total. The fourth-order valence-electron chi connectivity index (χ4n) is 1.16. The van der Waals surface area contributed by atoms with Crippen LogP contribution in [0.1, 0.15) is 39.3 Å². The average molecular weight is 181 g/mol. The fourth-order valence-corrected chi connectivity index (χ4v) is 1.16. The molecule has 0 saturated heterocycles. The van der Waals surface area contributed by atoms with Gasteiger partial charge in [-0.15, -0.1) is 0 Å². The maximum Gasteiger partial charge on any atom is 0.250 e. The van der Waals surface area contributed by atoms with Gasteiger partial charge >= 0.3 is 0 Å². The summed E-state index contributed by atoms with van der Waals surface area (Å²) < 4.78 is 1.69. The van der Waals surface area contributed by atoms with Crippen LogP contribution >= 0.6 is 0 Å². The van der Waals surface area contributed by atoms with Gasteiger partial charge in [-0.25, -0.2) is 0 Å². The minimum Gasteiger partial charge on any atom is -0.315 e. The Kier molecular flexibility index (Phi) is 5.12. The summed E-state index contributed by atoms with van der Waals surface area (Å²) in [6, 6.07) is 5.36. The second-order valence-electron chi connectivity index (χ2n) is 3.00. The van der Waals surface area contributed by atoms with E-state index in [4.69, 9.17) is 0 Å². The second-order valence-corrected chi connectivity index (χ2v) is 3.00. The zero-order valence-electron chi connectivity index (χ0n) is 9.16. The third-order valence-corrected chi connectivity index (χ3v) is 1.82. The quantitative estimate of drug-likeness (QED) is 0.652. The van der Waals surface area contributed by atoms with Crippen LogP contribution in [0, 0.1) is 0 Å². The minimum atomic E-state index is 0.0659. The fraction of sp³-hybridized carbons (Fsp3) is 0.545. The molecule has 0 aliphatic rings. The molecule has 0 spiro atoms. The monoisotopic (exact) mass is 181 g/mol. The molecule has 13 heavy (non-hydrogen) atoms. The van der Waals surface area contributed by atoms with Crippen molar-refractivity contribution in [1.82, 2.24) is 4.57 Å². The summed E-state index contributed by atoms with van der Waals surface area (Å²) in [6.45, 7) is 8.16. The lowest BCUT2D eigenvalue weighted by molar-refractivity contribution is 0.707. The van der Waals surface area contributed by atoms with E-state index in [1.165, 1.54) is 0 Å². The van der Waals surface area contributed by atoms with Crippen LogP contribution in [-0.4, -0.2) is 4.57 Å². The van der Waals surface area contributed by atoms with E-state index in [1.54, 1.807) is 23.7 Å². The number of pyridine rings is 1. The summed E-state index contributed by atoms with van der Waals surface area (Å²) in [6.07, 6.45) is 0. The highest BCUT2D eigenvalue weighted by atomic mass is 16.1. The lowest BCUT2D eigenvalue weighted by atomic mass is 10.1. The molecule has 0 atom stereocenters. The lowest BCUT2D eigenvalue weighted by Gasteiger charge is -2.09. The van der Waals surface area contributed by atoms with Crippen LogP contribution in [-0.2, 0) is 7.05 Å². The number of hydrogen-bond acceptors (Lipinski definition) is 1. The van der Waals surface area contributed by atoms with Crippen LogP contribution in [0.5, 0.6) is 0 Å². The summed E-state index contributed by atoms with van der Waals surface area (Å²) in [5.74, 6) is 0.411. The van der Waals surface area contributed by atoms with E-state index >= 15 is 0 Å². The Morgan fingerprint density at radius 1 is 1.23 bits per heavy atom. The first-order valence-corrected chi connectivity index (χ1v) is 4.79. The predicted octanol–water partition coefficient (Wildman–Crippen LogP) is 2.53. The van der Waals surface area contributed by atoms with Crippen LogP contribution in [0.2, 0.25) is 0 Å². The maximum atomic E-state index is 11.1. The summed E-state index contributed by atoms with van der Waals surface area (Å²) in [7, 11) is 1.80. The Hall–Kier alpha value is -1.05. The van der Waals surface area contributed by atoms with E-state index in [0.717, 1.165) is 5.69 Å². The van der Waals surface area contributed by atoms with Gasteiger partial charge in [0.15, 0.2) is 0 Å². The van der Waals surface area contributed by atoms with Crippen molar-refractivity contribution in [1.29, 1.82) is 0 Å². The van der Waals surface area contributed by atoms with Crippen molar-refractivity contribution >= 4 is 0 Å². The van der Waals surface area contributed by atoms with Crippen molar-refractivity contribution in [2.45, 2.75) is 33.6 Å². The number of nitrogens with zero attached hydrogens (tertiary/aromatic N) is 1. The minimum absolute atomic E-state index is 0.0659. The number of hydrogen-bond donors (Lipinski definition) is 0. The highest BCUT2D eigenvalue weighted by Crippen LogP contribution is 2.09. The highest BCUT2D eigenvalue weighted by molar-refractivity contribution is 5.09. The van der Waals surface area contributed by atoms with Gasteiger partial charge in [-0.2, -0.15) is 0 Å². The largest absolute Gasteiger partial charge is 0.315 e. The van der Waals surface area contributed by atoms with Gasteiger partial charge < -0.3 is 4.57 Å². The Balaban J connectivity index is 0.000000671. The second kappa shape index (κ2) is 5.57. The topological polar surface area (TPSA) is 22.0 Å². The SMILES string of the molecule is CC.CC(C)c1cccc(=O)n1C. The zero-order chi connectivity index (χ0) is 10.4. The molecule has 1 heterocycles. The molecule has 0 aliphatic carbocycles. The van der Waals surface area contributed by atoms with Crippen molar-refractivity contribution in [3.05, 3.63) is 34.2 Å². The maximum absolute atomic E-state index is 11.1. The molecule has 0 N–H and O–H groups in total. The van der Waals surface area contributed by atoms with Gasteiger partial charge in [-0.3, -0.25) is 4.79 Å². The lowest BCUT2D eigenvalue weighted by Crippen LogP contribution is -2.19. The van der Waals surface area contributed by atoms with E-state index in [9.17, 15) is 4.79 Å². The van der Waals surface area contributed by atoms with Gasteiger partial charge in [0.05, 0.1) is 0 Å².